The average Bonchev–Trinajstić information content (AvgIpc) is 3.04. The van der Waals surface area contributed by atoms with Gasteiger partial charge in [-0.3, -0.25) is 0 Å². The third-order valence-corrected chi connectivity index (χ3v) is 3.80. The van der Waals surface area contributed by atoms with Crippen molar-refractivity contribution in [2.24, 2.45) is 0 Å². The van der Waals surface area contributed by atoms with Crippen molar-refractivity contribution >= 4 is 11.1 Å². The summed E-state index contributed by atoms with van der Waals surface area (Å²) in [6, 6.07) is 6.92. The zero-order valence-electron chi connectivity index (χ0n) is 10.9. The van der Waals surface area contributed by atoms with E-state index in [9.17, 15) is 0 Å². The van der Waals surface area contributed by atoms with Gasteiger partial charge in [-0.25, -0.2) is 4.98 Å². The van der Waals surface area contributed by atoms with Crippen molar-refractivity contribution in [1.82, 2.24) is 10.3 Å². The van der Waals surface area contributed by atoms with E-state index in [2.05, 4.69) is 29.4 Å². The predicted octanol–water partition coefficient (Wildman–Crippen LogP) is 3.42. The highest BCUT2D eigenvalue weighted by Crippen LogP contribution is 2.20. The van der Waals surface area contributed by atoms with Crippen LogP contribution in [-0.4, -0.2) is 11.0 Å². The van der Waals surface area contributed by atoms with Crippen molar-refractivity contribution in [2.45, 2.75) is 51.6 Å². The van der Waals surface area contributed by atoms with E-state index in [0.717, 1.165) is 30.0 Å². The normalized spacial score (nSPS) is 16.7. The van der Waals surface area contributed by atoms with Crippen LogP contribution in [0.25, 0.3) is 11.1 Å². The molecule has 0 amide bonds. The van der Waals surface area contributed by atoms with Crippen LogP contribution in [0.5, 0.6) is 0 Å². The predicted molar refractivity (Wildman–Crippen MR) is 72.5 cm³/mol. The molecule has 1 aromatic heterocycles. The van der Waals surface area contributed by atoms with Crippen LogP contribution in [0.3, 0.4) is 0 Å². The average molecular weight is 244 g/mol. The molecule has 0 unspecified atom stereocenters. The quantitative estimate of drug-likeness (QED) is 0.895. The fourth-order valence-corrected chi connectivity index (χ4v) is 2.68. The number of benzene rings is 1. The topological polar surface area (TPSA) is 38.1 Å². The first-order valence-corrected chi connectivity index (χ1v) is 6.97. The zero-order chi connectivity index (χ0) is 12.4. The summed E-state index contributed by atoms with van der Waals surface area (Å²) in [5, 5.41) is 3.53. The summed E-state index contributed by atoms with van der Waals surface area (Å²) >= 11 is 0. The van der Waals surface area contributed by atoms with Crippen LogP contribution >= 0.6 is 0 Å². The number of hydrogen-bond acceptors (Lipinski definition) is 3. The minimum absolute atomic E-state index is 0.659. The van der Waals surface area contributed by atoms with E-state index in [1.807, 2.05) is 6.07 Å². The summed E-state index contributed by atoms with van der Waals surface area (Å²) in [5.41, 5.74) is 3.19. The molecule has 1 aliphatic rings. The first-order valence-electron chi connectivity index (χ1n) is 6.97. The molecule has 1 heterocycles. The summed E-state index contributed by atoms with van der Waals surface area (Å²) in [5.74, 6) is 0.810. The molecule has 0 saturated heterocycles. The second-order valence-electron chi connectivity index (χ2n) is 5.13. The Labute approximate surface area is 108 Å². The van der Waals surface area contributed by atoms with Crippen molar-refractivity contribution in [2.75, 3.05) is 0 Å². The number of hydrogen-bond donors (Lipinski definition) is 1. The SMILES string of the molecule is CCc1ccc2oc(CNC3CCCC3)nc2c1. The Kier molecular flexibility index (Phi) is 3.33. The first kappa shape index (κ1) is 11.7. The van der Waals surface area contributed by atoms with Gasteiger partial charge in [0.05, 0.1) is 6.54 Å². The van der Waals surface area contributed by atoms with Crippen LogP contribution in [0.15, 0.2) is 22.6 Å². The van der Waals surface area contributed by atoms with Crippen molar-refractivity contribution < 1.29 is 4.42 Å². The van der Waals surface area contributed by atoms with Crippen LogP contribution in [-0.2, 0) is 13.0 Å². The van der Waals surface area contributed by atoms with Gasteiger partial charge in [0.15, 0.2) is 5.58 Å². The molecule has 3 nitrogen and oxygen atoms in total. The Morgan fingerprint density at radius 1 is 1.33 bits per heavy atom. The molecule has 1 aliphatic carbocycles. The molecule has 0 bridgehead atoms. The molecular weight excluding hydrogens is 224 g/mol. The second kappa shape index (κ2) is 5.11. The van der Waals surface area contributed by atoms with E-state index in [4.69, 9.17) is 4.42 Å². The fraction of sp³-hybridized carbons (Fsp3) is 0.533. The first-order chi connectivity index (χ1) is 8.85. The number of fused-ring (bicyclic) bond motifs is 1. The molecule has 3 heteroatoms. The standard InChI is InChI=1S/C15H20N2O/c1-2-11-7-8-14-13(9-11)17-15(18-14)10-16-12-5-3-4-6-12/h7-9,12,16H,2-6,10H2,1H3. The zero-order valence-corrected chi connectivity index (χ0v) is 10.9. The molecule has 0 spiro atoms. The molecule has 0 aliphatic heterocycles. The lowest BCUT2D eigenvalue weighted by Gasteiger charge is -2.08. The smallest absolute Gasteiger partial charge is 0.209 e. The summed E-state index contributed by atoms with van der Waals surface area (Å²) in [7, 11) is 0. The van der Waals surface area contributed by atoms with Gasteiger partial charge in [0.2, 0.25) is 5.89 Å². The van der Waals surface area contributed by atoms with Gasteiger partial charge in [-0.15, -0.1) is 0 Å². The Balaban J connectivity index is 1.72. The van der Waals surface area contributed by atoms with Gasteiger partial charge in [-0.05, 0) is 37.0 Å². The van der Waals surface area contributed by atoms with E-state index in [0.29, 0.717) is 6.04 Å². The van der Waals surface area contributed by atoms with Crippen molar-refractivity contribution in [3.8, 4) is 0 Å². The lowest BCUT2D eigenvalue weighted by atomic mass is 10.1. The minimum atomic E-state index is 0.659. The van der Waals surface area contributed by atoms with E-state index in [-0.39, 0.29) is 0 Å². The van der Waals surface area contributed by atoms with Gasteiger partial charge in [0.25, 0.3) is 0 Å². The number of aryl methyl sites for hydroxylation is 1. The van der Waals surface area contributed by atoms with Crippen LogP contribution in [0.4, 0.5) is 0 Å². The fourth-order valence-electron chi connectivity index (χ4n) is 2.68. The minimum Gasteiger partial charge on any atom is -0.439 e. The third-order valence-electron chi connectivity index (χ3n) is 3.80. The molecule has 1 aromatic carbocycles. The van der Waals surface area contributed by atoms with Crippen LogP contribution in [0.1, 0.15) is 44.1 Å². The molecule has 1 fully saturated rings. The number of nitrogens with zero attached hydrogens (tertiary/aromatic N) is 1. The van der Waals surface area contributed by atoms with Crippen LogP contribution in [0.2, 0.25) is 0 Å². The van der Waals surface area contributed by atoms with Crippen molar-refractivity contribution in [1.29, 1.82) is 0 Å². The number of nitrogens with one attached hydrogen (secondary N) is 1. The second-order valence-corrected chi connectivity index (χ2v) is 5.13. The molecule has 18 heavy (non-hydrogen) atoms. The molecule has 0 atom stereocenters. The molecule has 3 rings (SSSR count). The Morgan fingerprint density at radius 2 is 2.17 bits per heavy atom. The van der Waals surface area contributed by atoms with Gasteiger partial charge in [-0.1, -0.05) is 25.8 Å². The number of rotatable bonds is 4. The Morgan fingerprint density at radius 3 is 2.94 bits per heavy atom. The maximum absolute atomic E-state index is 5.75. The Bertz CT molecular complexity index is 526. The highest BCUT2D eigenvalue weighted by atomic mass is 16.3. The van der Waals surface area contributed by atoms with Gasteiger partial charge >= 0.3 is 0 Å². The maximum Gasteiger partial charge on any atom is 0.209 e. The van der Waals surface area contributed by atoms with Gasteiger partial charge < -0.3 is 9.73 Å². The highest BCUT2D eigenvalue weighted by molar-refractivity contribution is 5.73. The lowest BCUT2D eigenvalue weighted by molar-refractivity contribution is 0.450. The van der Waals surface area contributed by atoms with Crippen LogP contribution < -0.4 is 5.32 Å². The molecular formula is C15H20N2O. The molecule has 2 aromatic rings. The number of oxazole rings is 1. The largest absolute Gasteiger partial charge is 0.439 e. The van der Waals surface area contributed by atoms with Crippen molar-refractivity contribution in [3.63, 3.8) is 0 Å². The summed E-state index contributed by atoms with van der Waals surface area (Å²) < 4.78 is 5.75. The lowest BCUT2D eigenvalue weighted by Crippen LogP contribution is -2.25. The highest BCUT2D eigenvalue weighted by Gasteiger charge is 2.15. The maximum atomic E-state index is 5.75. The third kappa shape index (κ3) is 2.41. The van der Waals surface area contributed by atoms with Gasteiger partial charge in [-0.2, -0.15) is 0 Å². The van der Waals surface area contributed by atoms with Crippen molar-refractivity contribution in [3.05, 3.63) is 29.7 Å². The molecule has 1 N–H and O–H groups in total. The van der Waals surface area contributed by atoms with E-state index in [1.54, 1.807) is 0 Å². The van der Waals surface area contributed by atoms with E-state index < -0.39 is 0 Å². The van der Waals surface area contributed by atoms with E-state index in [1.165, 1.54) is 31.2 Å². The summed E-state index contributed by atoms with van der Waals surface area (Å²) in [4.78, 5) is 4.55. The van der Waals surface area contributed by atoms with E-state index >= 15 is 0 Å². The molecule has 96 valence electrons. The van der Waals surface area contributed by atoms with Crippen LogP contribution in [0, 0.1) is 0 Å². The molecule has 1 saturated carbocycles. The monoisotopic (exact) mass is 244 g/mol. The molecule has 0 radical (unpaired) electrons. The summed E-state index contributed by atoms with van der Waals surface area (Å²) in [6.07, 6.45) is 6.33. The summed E-state index contributed by atoms with van der Waals surface area (Å²) in [6.45, 7) is 2.91. The van der Waals surface area contributed by atoms with Gasteiger partial charge in [0.1, 0.15) is 5.52 Å². The number of aromatic nitrogens is 1. The Hall–Kier alpha value is -1.35. The van der Waals surface area contributed by atoms with Gasteiger partial charge in [0, 0.05) is 6.04 Å².